The van der Waals surface area contributed by atoms with Gasteiger partial charge in [0, 0.05) is 22.1 Å². The van der Waals surface area contributed by atoms with Gasteiger partial charge in [-0.3, -0.25) is 0 Å². The molecule has 1 aromatic carbocycles. The molecule has 1 N–H and O–H groups in total. The van der Waals surface area contributed by atoms with E-state index in [0.29, 0.717) is 0 Å². The first kappa shape index (κ1) is 7.94. The second kappa shape index (κ2) is 3.07. The second-order valence-corrected chi connectivity index (χ2v) is 4.14. The fraction of sp³-hybridized carbons (Fsp3) is 0. The summed E-state index contributed by atoms with van der Waals surface area (Å²) in [5, 5.41) is 5.42. The van der Waals surface area contributed by atoms with Gasteiger partial charge in [-0.15, -0.1) is 0 Å². The zero-order valence-corrected chi connectivity index (χ0v) is 8.34. The topological polar surface area (TPSA) is 12.0 Å². The van der Waals surface area contributed by atoms with Crippen LogP contribution in [0.1, 0.15) is 5.56 Å². The van der Waals surface area contributed by atoms with E-state index in [4.69, 9.17) is 0 Å². The standard InChI is InChI=1S/C12H9NS/c1-2-6-12-10(4-1)9-5-3-7-13-11(9)8-14-12/h1-8,13H. The predicted octanol–water partition coefficient (Wildman–Crippen LogP) is 3.13. The van der Waals surface area contributed by atoms with Crippen LogP contribution in [0, 0.1) is 0 Å². The highest BCUT2D eigenvalue weighted by atomic mass is 32.2. The van der Waals surface area contributed by atoms with E-state index in [1.807, 2.05) is 12.3 Å². The molecule has 0 saturated carbocycles. The molecule has 2 aliphatic heterocycles. The molecule has 2 aliphatic rings. The molecule has 68 valence electrons. The lowest BCUT2D eigenvalue weighted by Gasteiger charge is -2.21. The number of hydrogen-bond donors (Lipinski definition) is 1. The van der Waals surface area contributed by atoms with Gasteiger partial charge in [0.1, 0.15) is 0 Å². The highest BCUT2D eigenvalue weighted by Gasteiger charge is 2.16. The summed E-state index contributed by atoms with van der Waals surface area (Å²) in [6.45, 7) is 0. The Morgan fingerprint density at radius 1 is 1.14 bits per heavy atom. The third-order valence-electron chi connectivity index (χ3n) is 2.37. The van der Waals surface area contributed by atoms with Crippen molar-refractivity contribution in [3.05, 3.63) is 59.3 Å². The molecule has 1 aromatic rings. The van der Waals surface area contributed by atoms with Gasteiger partial charge in [0.2, 0.25) is 0 Å². The summed E-state index contributed by atoms with van der Waals surface area (Å²) in [4.78, 5) is 1.33. The maximum atomic E-state index is 3.25. The summed E-state index contributed by atoms with van der Waals surface area (Å²) in [6, 6.07) is 8.49. The van der Waals surface area contributed by atoms with Gasteiger partial charge in [-0.05, 0) is 17.7 Å². The van der Waals surface area contributed by atoms with Crippen LogP contribution in [0.2, 0.25) is 0 Å². The average Bonchev–Trinajstić information content (AvgIpc) is 2.29. The Labute approximate surface area is 87.2 Å². The lowest BCUT2D eigenvalue weighted by atomic mass is 10.0. The first-order valence-corrected chi connectivity index (χ1v) is 5.43. The van der Waals surface area contributed by atoms with Crippen LogP contribution >= 0.6 is 11.8 Å². The Morgan fingerprint density at radius 3 is 3.07 bits per heavy atom. The number of hydrogen-bond acceptors (Lipinski definition) is 2. The summed E-state index contributed by atoms with van der Waals surface area (Å²) in [5.74, 6) is 0. The second-order valence-electron chi connectivity index (χ2n) is 3.23. The van der Waals surface area contributed by atoms with E-state index in [9.17, 15) is 0 Å². The van der Waals surface area contributed by atoms with Crippen molar-refractivity contribution in [1.82, 2.24) is 5.32 Å². The van der Waals surface area contributed by atoms with Crippen molar-refractivity contribution in [1.29, 1.82) is 0 Å². The van der Waals surface area contributed by atoms with Gasteiger partial charge in [0.25, 0.3) is 0 Å². The smallest absolute Gasteiger partial charge is 0.0527 e. The maximum Gasteiger partial charge on any atom is 0.0527 e. The van der Waals surface area contributed by atoms with E-state index in [2.05, 4.69) is 41.1 Å². The largest absolute Gasteiger partial charge is 0.361 e. The van der Waals surface area contributed by atoms with Crippen LogP contribution in [0.15, 0.2) is 58.6 Å². The van der Waals surface area contributed by atoms with Crippen molar-refractivity contribution in [3.63, 3.8) is 0 Å². The van der Waals surface area contributed by atoms with Crippen LogP contribution in [0.5, 0.6) is 0 Å². The van der Waals surface area contributed by atoms with Crippen LogP contribution in [0.4, 0.5) is 0 Å². The lowest BCUT2D eigenvalue weighted by Crippen LogP contribution is -2.11. The van der Waals surface area contributed by atoms with Gasteiger partial charge in [-0.1, -0.05) is 36.0 Å². The lowest BCUT2D eigenvalue weighted by molar-refractivity contribution is 1.10. The fourth-order valence-corrected chi connectivity index (χ4v) is 2.60. The van der Waals surface area contributed by atoms with Crippen LogP contribution in [-0.4, -0.2) is 0 Å². The third kappa shape index (κ3) is 1.11. The zero-order chi connectivity index (χ0) is 9.38. The summed E-state index contributed by atoms with van der Waals surface area (Å²) in [6.07, 6.45) is 6.16. The quantitative estimate of drug-likeness (QED) is 0.689. The molecule has 0 spiro atoms. The first-order chi connectivity index (χ1) is 6.95. The Morgan fingerprint density at radius 2 is 2.07 bits per heavy atom. The van der Waals surface area contributed by atoms with Gasteiger partial charge in [-0.25, -0.2) is 0 Å². The van der Waals surface area contributed by atoms with E-state index in [0.717, 1.165) is 0 Å². The molecular weight excluding hydrogens is 190 g/mol. The van der Waals surface area contributed by atoms with E-state index in [1.165, 1.54) is 21.7 Å². The molecule has 0 aromatic heterocycles. The number of rotatable bonds is 0. The number of allylic oxidation sites excluding steroid dienone is 3. The molecule has 2 heteroatoms. The predicted molar refractivity (Wildman–Crippen MR) is 60.6 cm³/mol. The van der Waals surface area contributed by atoms with Crippen LogP contribution in [-0.2, 0) is 0 Å². The Hall–Kier alpha value is -1.41. The highest BCUT2D eigenvalue weighted by Crippen LogP contribution is 2.38. The van der Waals surface area contributed by atoms with Crippen molar-refractivity contribution in [3.8, 4) is 0 Å². The van der Waals surface area contributed by atoms with Gasteiger partial charge >= 0.3 is 0 Å². The monoisotopic (exact) mass is 199 g/mol. The summed E-state index contributed by atoms with van der Waals surface area (Å²) in [5.41, 5.74) is 3.82. The Bertz CT molecular complexity index is 469. The Balaban J connectivity index is 2.22. The molecule has 0 unspecified atom stereocenters. The number of thioether (sulfide) groups is 1. The van der Waals surface area contributed by atoms with Gasteiger partial charge < -0.3 is 5.32 Å². The van der Waals surface area contributed by atoms with E-state index < -0.39 is 0 Å². The molecule has 0 fully saturated rings. The molecule has 0 atom stereocenters. The normalized spacial score (nSPS) is 17.4. The van der Waals surface area contributed by atoms with E-state index >= 15 is 0 Å². The van der Waals surface area contributed by atoms with Crippen molar-refractivity contribution >= 4 is 17.3 Å². The summed E-state index contributed by atoms with van der Waals surface area (Å²) >= 11 is 1.78. The molecule has 0 amide bonds. The number of nitrogens with one attached hydrogen (secondary N) is 1. The van der Waals surface area contributed by atoms with Gasteiger partial charge in [0.15, 0.2) is 0 Å². The molecule has 0 aliphatic carbocycles. The number of benzene rings is 1. The molecule has 1 nitrogen and oxygen atoms in total. The first-order valence-electron chi connectivity index (χ1n) is 4.55. The fourth-order valence-electron chi connectivity index (χ4n) is 1.70. The van der Waals surface area contributed by atoms with Crippen LogP contribution in [0.3, 0.4) is 0 Å². The van der Waals surface area contributed by atoms with E-state index in [-0.39, 0.29) is 0 Å². The molecule has 14 heavy (non-hydrogen) atoms. The molecule has 0 radical (unpaired) electrons. The zero-order valence-electron chi connectivity index (χ0n) is 7.53. The molecule has 3 rings (SSSR count). The SMILES string of the molecule is C1=CNC2=CSc3ccccc3C2=C1. The number of fused-ring (bicyclic) bond motifs is 3. The molecule has 0 bridgehead atoms. The van der Waals surface area contributed by atoms with Crippen molar-refractivity contribution in [2.75, 3.05) is 0 Å². The summed E-state index contributed by atoms with van der Waals surface area (Å²) < 4.78 is 0. The maximum absolute atomic E-state index is 3.25. The van der Waals surface area contributed by atoms with Gasteiger partial charge in [-0.2, -0.15) is 0 Å². The van der Waals surface area contributed by atoms with Crippen LogP contribution < -0.4 is 5.32 Å². The molecular formula is C12H9NS. The van der Waals surface area contributed by atoms with Crippen LogP contribution in [0.25, 0.3) is 5.57 Å². The van der Waals surface area contributed by atoms with E-state index in [1.54, 1.807) is 11.8 Å². The minimum atomic E-state index is 1.20. The molecule has 2 heterocycles. The Kier molecular flexibility index (Phi) is 1.74. The molecule has 0 saturated heterocycles. The minimum Gasteiger partial charge on any atom is -0.361 e. The average molecular weight is 199 g/mol. The highest BCUT2D eigenvalue weighted by molar-refractivity contribution is 8.02. The summed E-state index contributed by atoms with van der Waals surface area (Å²) in [7, 11) is 0. The van der Waals surface area contributed by atoms with Crippen molar-refractivity contribution < 1.29 is 0 Å². The van der Waals surface area contributed by atoms with Gasteiger partial charge in [0.05, 0.1) is 5.70 Å². The van der Waals surface area contributed by atoms with Crippen molar-refractivity contribution in [2.24, 2.45) is 0 Å². The van der Waals surface area contributed by atoms with Crippen molar-refractivity contribution in [2.45, 2.75) is 4.90 Å². The third-order valence-corrected chi connectivity index (χ3v) is 3.33. The number of dihydropyridines is 1. The minimum absolute atomic E-state index is 1.20.